The van der Waals surface area contributed by atoms with Gasteiger partial charge in [0.1, 0.15) is 6.04 Å². The van der Waals surface area contributed by atoms with E-state index in [0.29, 0.717) is 6.42 Å². The number of carbonyl (C=O) groups excluding carboxylic acids is 3. The van der Waals surface area contributed by atoms with Gasteiger partial charge in [-0.25, -0.2) is 4.79 Å². The molecular formula is C12H21N3O5. The predicted octanol–water partition coefficient (Wildman–Crippen LogP) is -1.15. The smallest absolute Gasteiger partial charge is 0.326 e. The number of nitrogens with one attached hydrogen (secondary N) is 3. The van der Waals surface area contributed by atoms with Crippen molar-refractivity contribution < 1.29 is 24.3 Å². The maximum atomic E-state index is 11.5. The van der Waals surface area contributed by atoms with Gasteiger partial charge in [0, 0.05) is 6.92 Å². The van der Waals surface area contributed by atoms with Crippen LogP contribution in [-0.4, -0.2) is 47.9 Å². The van der Waals surface area contributed by atoms with Gasteiger partial charge in [-0.05, 0) is 5.92 Å². The minimum Gasteiger partial charge on any atom is -0.480 e. The molecule has 3 amide bonds. The Labute approximate surface area is 117 Å². The molecule has 0 heterocycles. The first-order valence-electron chi connectivity index (χ1n) is 6.31. The Morgan fingerprint density at radius 2 is 1.60 bits per heavy atom. The lowest BCUT2D eigenvalue weighted by Crippen LogP contribution is -2.49. The summed E-state index contributed by atoms with van der Waals surface area (Å²) >= 11 is 0. The quantitative estimate of drug-likeness (QED) is 0.449. The van der Waals surface area contributed by atoms with Gasteiger partial charge in [-0.3, -0.25) is 14.4 Å². The van der Waals surface area contributed by atoms with Crippen LogP contribution in [0.15, 0.2) is 0 Å². The fourth-order valence-electron chi connectivity index (χ4n) is 1.35. The van der Waals surface area contributed by atoms with Gasteiger partial charge in [0.25, 0.3) is 0 Å². The number of carboxylic acids is 1. The second-order valence-corrected chi connectivity index (χ2v) is 4.46. The van der Waals surface area contributed by atoms with E-state index in [2.05, 4.69) is 16.0 Å². The van der Waals surface area contributed by atoms with Gasteiger partial charge in [-0.1, -0.05) is 20.3 Å². The van der Waals surface area contributed by atoms with Gasteiger partial charge in [-0.15, -0.1) is 0 Å². The third-order valence-electron chi connectivity index (χ3n) is 2.74. The summed E-state index contributed by atoms with van der Waals surface area (Å²) < 4.78 is 0. The number of hydrogen-bond acceptors (Lipinski definition) is 4. The van der Waals surface area contributed by atoms with Gasteiger partial charge in [0.2, 0.25) is 17.7 Å². The predicted molar refractivity (Wildman–Crippen MR) is 70.7 cm³/mol. The van der Waals surface area contributed by atoms with Crippen LogP contribution >= 0.6 is 0 Å². The lowest BCUT2D eigenvalue weighted by Gasteiger charge is -2.20. The molecule has 20 heavy (non-hydrogen) atoms. The van der Waals surface area contributed by atoms with Crippen LogP contribution in [0.1, 0.15) is 27.2 Å². The maximum Gasteiger partial charge on any atom is 0.326 e. The van der Waals surface area contributed by atoms with Crippen molar-refractivity contribution in [1.29, 1.82) is 0 Å². The van der Waals surface area contributed by atoms with Crippen molar-refractivity contribution in [2.45, 2.75) is 33.2 Å². The summed E-state index contributed by atoms with van der Waals surface area (Å²) in [7, 11) is 0. The van der Waals surface area contributed by atoms with Crippen molar-refractivity contribution in [3.8, 4) is 0 Å². The van der Waals surface area contributed by atoms with Gasteiger partial charge in [-0.2, -0.15) is 0 Å². The van der Waals surface area contributed by atoms with Crippen molar-refractivity contribution in [3.05, 3.63) is 0 Å². The summed E-state index contributed by atoms with van der Waals surface area (Å²) in [6.45, 7) is 4.24. The summed E-state index contributed by atoms with van der Waals surface area (Å²) in [5.41, 5.74) is 0. The second kappa shape index (κ2) is 8.89. The van der Waals surface area contributed by atoms with Crippen molar-refractivity contribution in [2.24, 2.45) is 5.92 Å². The number of hydrogen-bond donors (Lipinski definition) is 4. The van der Waals surface area contributed by atoms with Crippen LogP contribution in [0.5, 0.6) is 0 Å². The Kier molecular flexibility index (Phi) is 7.95. The molecule has 0 fully saturated rings. The molecule has 0 aromatic rings. The highest BCUT2D eigenvalue weighted by atomic mass is 16.4. The summed E-state index contributed by atoms with van der Waals surface area (Å²) in [5, 5.41) is 15.9. The van der Waals surface area contributed by atoms with Gasteiger partial charge in [0.15, 0.2) is 0 Å². The van der Waals surface area contributed by atoms with E-state index in [0.717, 1.165) is 0 Å². The molecule has 2 unspecified atom stereocenters. The van der Waals surface area contributed by atoms with Crippen molar-refractivity contribution in [1.82, 2.24) is 16.0 Å². The molecule has 0 saturated heterocycles. The molecule has 0 spiro atoms. The van der Waals surface area contributed by atoms with E-state index in [1.54, 1.807) is 6.92 Å². The largest absolute Gasteiger partial charge is 0.480 e. The number of amides is 3. The molecule has 0 radical (unpaired) electrons. The van der Waals surface area contributed by atoms with E-state index in [1.807, 2.05) is 6.92 Å². The van der Waals surface area contributed by atoms with E-state index in [9.17, 15) is 19.2 Å². The molecular weight excluding hydrogens is 266 g/mol. The normalized spacial score (nSPS) is 12.9. The molecule has 0 bridgehead atoms. The lowest BCUT2D eigenvalue weighted by atomic mass is 9.99. The van der Waals surface area contributed by atoms with Crippen LogP contribution in [-0.2, 0) is 19.2 Å². The Balaban J connectivity index is 4.17. The summed E-state index contributed by atoms with van der Waals surface area (Å²) in [5.74, 6) is -2.80. The molecule has 4 N–H and O–H groups in total. The van der Waals surface area contributed by atoms with E-state index in [1.165, 1.54) is 6.92 Å². The average Bonchev–Trinajstić information content (AvgIpc) is 2.38. The highest BCUT2D eigenvalue weighted by Gasteiger charge is 2.25. The minimum atomic E-state index is -1.11. The Morgan fingerprint density at radius 3 is 2.05 bits per heavy atom. The maximum absolute atomic E-state index is 11.5. The van der Waals surface area contributed by atoms with Crippen molar-refractivity contribution >= 4 is 23.7 Å². The first-order chi connectivity index (χ1) is 9.27. The Bertz CT molecular complexity index is 383. The highest BCUT2D eigenvalue weighted by Crippen LogP contribution is 2.07. The zero-order valence-corrected chi connectivity index (χ0v) is 11.9. The fourth-order valence-corrected chi connectivity index (χ4v) is 1.35. The number of aliphatic carboxylic acids is 1. The van der Waals surface area contributed by atoms with Crippen molar-refractivity contribution in [2.75, 3.05) is 13.1 Å². The monoisotopic (exact) mass is 287 g/mol. The van der Waals surface area contributed by atoms with Gasteiger partial charge in [0.05, 0.1) is 13.1 Å². The molecule has 114 valence electrons. The summed E-state index contributed by atoms with van der Waals surface area (Å²) in [6.07, 6.45) is 0.603. The van der Waals surface area contributed by atoms with E-state index in [4.69, 9.17) is 5.11 Å². The SMILES string of the molecule is CCC(C)C(NC(=O)CNC(=O)CNC(C)=O)C(=O)O. The summed E-state index contributed by atoms with van der Waals surface area (Å²) in [6, 6.07) is -0.986. The van der Waals surface area contributed by atoms with Crippen LogP contribution < -0.4 is 16.0 Å². The topological polar surface area (TPSA) is 125 Å². The van der Waals surface area contributed by atoms with Gasteiger partial charge >= 0.3 is 5.97 Å². The molecule has 0 aromatic heterocycles. The molecule has 0 aromatic carbocycles. The Morgan fingerprint density at radius 1 is 1.05 bits per heavy atom. The third kappa shape index (κ3) is 7.34. The first kappa shape index (κ1) is 17.9. The van der Waals surface area contributed by atoms with Crippen LogP contribution in [0.25, 0.3) is 0 Å². The molecule has 0 aliphatic carbocycles. The molecule has 0 rings (SSSR count). The first-order valence-corrected chi connectivity index (χ1v) is 6.31. The molecule has 2 atom stereocenters. The average molecular weight is 287 g/mol. The number of rotatable bonds is 8. The van der Waals surface area contributed by atoms with E-state index in [-0.39, 0.29) is 24.9 Å². The molecule has 8 nitrogen and oxygen atoms in total. The molecule has 0 saturated carbocycles. The number of carboxylic acid groups (broad SMARTS) is 1. The zero-order valence-electron chi connectivity index (χ0n) is 11.9. The molecule has 0 aliphatic rings. The zero-order chi connectivity index (χ0) is 15.7. The van der Waals surface area contributed by atoms with E-state index >= 15 is 0 Å². The molecule has 0 aliphatic heterocycles. The second-order valence-electron chi connectivity index (χ2n) is 4.46. The third-order valence-corrected chi connectivity index (χ3v) is 2.74. The van der Waals surface area contributed by atoms with Crippen molar-refractivity contribution in [3.63, 3.8) is 0 Å². The standard InChI is InChI=1S/C12H21N3O5/c1-4-7(2)11(12(19)20)15-10(18)6-14-9(17)5-13-8(3)16/h7,11H,4-6H2,1-3H3,(H,13,16)(H,14,17)(H,15,18)(H,19,20). The van der Waals surface area contributed by atoms with Crippen LogP contribution in [0.4, 0.5) is 0 Å². The molecule has 8 heteroatoms. The fraction of sp³-hybridized carbons (Fsp3) is 0.667. The Hall–Kier alpha value is -2.12. The summed E-state index contributed by atoms with van der Waals surface area (Å²) in [4.78, 5) is 44.4. The lowest BCUT2D eigenvalue weighted by molar-refractivity contribution is -0.143. The van der Waals surface area contributed by atoms with Crippen LogP contribution in [0.3, 0.4) is 0 Å². The minimum absolute atomic E-state index is 0.216. The van der Waals surface area contributed by atoms with E-state index < -0.39 is 23.8 Å². The number of carbonyl (C=O) groups is 4. The van der Waals surface area contributed by atoms with Crippen LogP contribution in [0.2, 0.25) is 0 Å². The highest BCUT2D eigenvalue weighted by molar-refractivity contribution is 5.89. The van der Waals surface area contributed by atoms with Gasteiger partial charge < -0.3 is 21.1 Å². The van der Waals surface area contributed by atoms with Crippen LogP contribution in [0, 0.1) is 5.92 Å².